The number of sulfonamides is 1. The first-order chi connectivity index (χ1) is 12.3. The van der Waals surface area contributed by atoms with Gasteiger partial charge in [0, 0.05) is 5.02 Å². The number of benzene rings is 2. The van der Waals surface area contributed by atoms with E-state index in [1.807, 2.05) is 0 Å². The smallest absolute Gasteiger partial charge is 0.321 e. The van der Waals surface area contributed by atoms with Crippen LogP contribution in [0.1, 0.15) is 0 Å². The second kappa shape index (κ2) is 8.75. The van der Waals surface area contributed by atoms with Gasteiger partial charge < -0.3 is 10.1 Å². The molecule has 1 amide bonds. The number of rotatable bonds is 7. The zero-order chi connectivity index (χ0) is 19.2. The van der Waals surface area contributed by atoms with E-state index in [0.717, 1.165) is 6.07 Å². The largest absolute Gasteiger partial charge is 0.455 e. The van der Waals surface area contributed by atoms with Gasteiger partial charge in [-0.1, -0.05) is 29.8 Å². The monoisotopic (exact) mass is 400 g/mol. The molecule has 7 nitrogen and oxygen atoms in total. The van der Waals surface area contributed by atoms with Crippen molar-refractivity contribution in [3.05, 3.63) is 59.4 Å². The molecule has 2 aromatic carbocycles. The van der Waals surface area contributed by atoms with Gasteiger partial charge in [0.2, 0.25) is 10.0 Å². The Labute approximate surface area is 154 Å². The molecule has 138 valence electrons. The average molecular weight is 401 g/mol. The fourth-order valence-corrected chi connectivity index (χ4v) is 2.96. The molecule has 0 bridgehead atoms. The summed E-state index contributed by atoms with van der Waals surface area (Å²) < 4.78 is 44.1. The van der Waals surface area contributed by atoms with Gasteiger partial charge in [-0.3, -0.25) is 9.59 Å². The third-order valence-corrected chi connectivity index (χ3v) is 4.68. The van der Waals surface area contributed by atoms with E-state index in [-0.39, 0.29) is 15.6 Å². The van der Waals surface area contributed by atoms with Gasteiger partial charge in [-0.15, -0.1) is 0 Å². The van der Waals surface area contributed by atoms with Crippen molar-refractivity contribution in [1.29, 1.82) is 0 Å². The van der Waals surface area contributed by atoms with E-state index < -0.39 is 40.9 Å². The maximum absolute atomic E-state index is 13.5. The maximum atomic E-state index is 13.5. The highest BCUT2D eigenvalue weighted by molar-refractivity contribution is 7.89. The summed E-state index contributed by atoms with van der Waals surface area (Å²) in [4.78, 5) is 23.2. The highest BCUT2D eigenvalue weighted by atomic mass is 35.5. The molecule has 26 heavy (non-hydrogen) atoms. The van der Waals surface area contributed by atoms with Crippen molar-refractivity contribution in [3.8, 4) is 0 Å². The third kappa shape index (κ3) is 5.80. The Kier molecular flexibility index (Phi) is 6.67. The molecule has 0 aliphatic heterocycles. The van der Waals surface area contributed by atoms with Crippen LogP contribution in [-0.4, -0.2) is 33.4 Å². The molecule has 2 rings (SSSR count). The summed E-state index contributed by atoms with van der Waals surface area (Å²) in [6, 6.07) is 11.1. The van der Waals surface area contributed by atoms with Crippen LogP contribution >= 0.6 is 11.6 Å². The number of carbonyl (C=O) groups excluding carboxylic acids is 2. The Balaban J connectivity index is 1.80. The topological polar surface area (TPSA) is 102 Å². The number of carbonyl (C=O) groups is 2. The predicted octanol–water partition coefficient (Wildman–Crippen LogP) is 1.94. The lowest BCUT2D eigenvalue weighted by Crippen LogP contribution is -2.32. The Morgan fingerprint density at radius 2 is 1.81 bits per heavy atom. The van der Waals surface area contributed by atoms with Crippen molar-refractivity contribution < 1.29 is 27.1 Å². The summed E-state index contributed by atoms with van der Waals surface area (Å²) in [6.07, 6.45) is 0. The number of anilines is 1. The summed E-state index contributed by atoms with van der Waals surface area (Å²) in [5.41, 5.74) is -0.125. The lowest BCUT2D eigenvalue weighted by Gasteiger charge is -2.09. The Morgan fingerprint density at radius 1 is 1.12 bits per heavy atom. The van der Waals surface area contributed by atoms with Crippen molar-refractivity contribution in [1.82, 2.24) is 4.72 Å². The summed E-state index contributed by atoms with van der Waals surface area (Å²) in [6.45, 7) is -1.35. The van der Waals surface area contributed by atoms with Crippen LogP contribution in [0.2, 0.25) is 5.02 Å². The SMILES string of the molecule is O=C(COC(=O)CNS(=O)(=O)c1ccccc1)Nc1ccc(Cl)cc1F. The molecule has 0 heterocycles. The second-order valence-corrected chi connectivity index (χ2v) is 7.17. The molecule has 0 radical (unpaired) electrons. The normalized spacial score (nSPS) is 11.0. The Bertz CT molecular complexity index is 906. The maximum Gasteiger partial charge on any atom is 0.321 e. The first-order valence-corrected chi connectivity index (χ1v) is 9.09. The van der Waals surface area contributed by atoms with Gasteiger partial charge in [-0.2, -0.15) is 4.72 Å². The van der Waals surface area contributed by atoms with Crippen LogP contribution in [0.4, 0.5) is 10.1 Å². The second-order valence-electron chi connectivity index (χ2n) is 4.97. The van der Waals surface area contributed by atoms with Crippen molar-refractivity contribution in [2.45, 2.75) is 4.90 Å². The van der Waals surface area contributed by atoms with Gasteiger partial charge in [-0.25, -0.2) is 12.8 Å². The molecule has 2 N–H and O–H groups in total. The molecule has 0 aliphatic carbocycles. The zero-order valence-electron chi connectivity index (χ0n) is 13.2. The van der Waals surface area contributed by atoms with Crippen LogP contribution in [0.5, 0.6) is 0 Å². The van der Waals surface area contributed by atoms with Crippen LogP contribution in [0.3, 0.4) is 0 Å². The molecule has 0 fully saturated rings. The first kappa shape index (κ1) is 19.8. The van der Waals surface area contributed by atoms with E-state index in [1.54, 1.807) is 6.07 Å². The number of ether oxygens (including phenoxy) is 1. The van der Waals surface area contributed by atoms with Gasteiger partial charge in [0.05, 0.1) is 10.6 Å². The molecule has 0 spiro atoms. The molecular weight excluding hydrogens is 387 g/mol. The van der Waals surface area contributed by atoms with E-state index >= 15 is 0 Å². The minimum absolute atomic E-state index is 0.0104. The van der Waals surface area contributed by atoms with Gasteiger partial charge in [0.1, 0.15) is 12.4 Å². The molecule has 0 aliphatic rings. The molecule has 0 saturated heterocycles. The first-order valence-electron chi connectivity index (χ1n) is 7.23. The van der Waals surface area contributed by atoms with Crippen LogP contribution in [0, 0.1) is 5.82 Å². The Hall–Kier alpha value is -2.49. The summed E-state index contributed by atoms with van der Waals surface area (Å²) in [5.74, 6) is -2.49. The van der Waals surface area contributed by atoms with Gasteiger partial charge >= 0.3 is 5.97 Å². The molecule has 10 heteroatoms. The minimum Gasteiger partial charge on any atom is -0.455 e. The number of hydrogen-bond donors (Lipinski definition) is 2. The minimum atomic E-state index is -3.87. The summed E-state index contributed by atoms with van der Waals surface area (Å²) in [5, 5.41) is 2.37. The van der Waals surface area contributed by atoms with E-state index in [9.17, 15) is 22.4 Å². The molecule has 0 aromatic heterocycles. The van der Waals surface area contributed by atoms with Crippen molar-refractivity contribution in [3.63, 3.8) is 0 Å². The average Bonchev–Trinajstić information content (AvgIpc) is 2.61. The number of amides is 1. The van der Waals surface area contributed by atoms with Crippen molar-refractivity contribution >= 4 is 39.2 Å². The number of nitrogens with one attached hydrogen (secondary N) is 2. The quantitative estimate of drug-likeness (QED) is 0.691. The fourth-order valence-electron chi connectivity index (χ4n) is 1.81. The third-order valence-electron chi connectivity index (χ3n) is 3.03. The number of hydrogen-bond acceptors (Lipinski definition) is 5. The van der Waals surface area contributed by atoms with Gasteiger partial charge in [-0.05, 0) is 30.3 Å². The lowest BCUT2D eigenvalue weighted by atomic mass is 10.3. The van der Waals surface area contributed by atoms with E-state index in [2.05, 4.69) is 14.8 Å². The zero-order valence-corrected chi connectivity index (χ0v) is 14.8. The van der Waals surface area contributed by atoms with E-state index in [1.165, 1.54) is 36.4 Å². The predicted molar refractivity (Wildman–Crippen MR) is 92.6 cm³/mol. The van der Waals surface area contributed by atoms with Crippen LogP contribution in [0.15, 0.2) is 53.4 Å². The van der Waals surface area contributed by atoms with Crippen molar-refractivity contribution in [2.75, 3.05) is 18.5 Å². The summed E-state index contributed by atoms with van der Waals surface area (Å²) in [7, 11) is -3.87. The molecule has 0 saturated carbocycles. The fraction of sp³-hybridized carbons (Fsp3) is 0.125. The molecular formula is C16H14ClFN2O5S. The van der Waals surface area contributed by atoms with Gasteiger partial charge in [0.15, 0.2) is 6.61 Å². The number of halogens is 2. The van der Waals surface area contributed by atoms with Crippen LogP contribution < -0.4 is 10.0 Å². The van der Waals surface area contributed by atoms with Crippen LogP contribution in [-0.2, 0) is 24.3 Å². The molecule has 0 unspecified atom stereocenters. The summed E-state index contributed by atoms with van der Waals surface area (Å²) >= 11 is 5.59. The van der Waals surface area contributed by atoms with E-state index in [0.29, 0.717) is 0 Å². The van der Waals surface area contributed by atoms with Crippen molar-refractivity contribution in [2.24, 2.45) is 0 Å². The highest BCUT2D eigenvalue weighted by Crippen LogP contribution is 2.18. The van der Waals surface area contributed by atoms with Gasteiger partial charge in [0.25, 0.3) is 5.91 Å². The molecule has 2 aromatic rings. The molecule has 0 atom stereocenters. The standard InChI is InChI=1S/C16H14ClFN2O5S/c17-11-6-7-14(13(18)8-11)20-15(21)10-25-16(22)9-19-26(23,24)12-4-2-1-3-5-12/h1-8,19H,9-10H2,(H,20,21). The Morgan fingerprint density at radius 3 is 2.46 bits per heavy atom. The number of esters is 1. The highest BCUT2D eigenvalue weighted by Gasteiger charge is 2.16. The van der Waals surface area contributed by atoms with E-state index in [4.69, 9.17) is 11.6 Å². The van der Waals surface area contributed by atoms with Crippen LogP contribution in [0.25, 0.3) is 0 Å². The lowest BCUT2D eigenvalue weighted by molar-refractivity contribution is -0.146.